The summed E-state index contributed by atoms with van der Waals surface area (Å²) in [7, 11) is 0.414. The second kappa shape index (κ2) is 4.94. The Kier molecular flexibility index (Phi) is 4.19. The van der Waals surface area contributed by atoms with Gasteiger partial charge < -0.3 is 0 Å². The highest BCUT2D eigenvalue weighted by Gasteiger charge is 2.31. The number of pyridine rings is 1. The molecule has 1 rings (SSSR count). The van der Waals surface area contributed by atoms with Crippen molar-refractivity contribution >= 4 is 48.0 Å². The molecule has 0 unspecified atom stereocenters. The van der Waals surface area contributed by atoms with Gasteiger partial charge in [-0.1, -0.05) is 0 Å². The molecule has 0 N–H and O–H groups in total. The lowest BCUT2D eigenvalue weighted by atomic mass is 10.3. The van der Waals surface area contributed by atoms with E-state index < -0.39 is 40.2 Å². The molecular formula is C6H2ClF2IN2O4S. The quantitative estimate of drug-likeness (QED) is 0.338. The SMILES string of the molecule is O=[N+]([O-])c1cnc(C(F)F)c(S(=O)(=O)Cl)c1I. The van der Waals surface area contributed by atoms with Crippen LogP contribution in [0.5, 0.6) is 0 Å². The van der Waals surface area contributed by atoms with E-state index >= 15 is 0 Å². The van der Waals surface area contributed by atoms with Gasteiger partial charge in [0.15, 0.2) is 0 Å². The van der Waals surface area contributed by atoms with Crippen molar-refractivity contribution in [3.63, 3.8) is 0 Å². The summed E-state index contributed by atoms with van der Waals surface area (Å²) in [6, 6.07) is 0. The van der Waals surface area contributed by atoms with E-state index in [1.165, 1.54) is 22.6 Å². The Hall–Kier alpha value is -0.620. The highest BCUT2D eigenvalue weighted by molar-refractivity contribution is 14.1. The number of halogens is 4. The monoisotopic (exact) mass is 398 g/mol. The molecule has 0 saturated carbocycles. The minimum atomic E-state index is -4.55. The van der Waals surface area contributed by atoms with Crippen LogP contribution in [0.3, 0.4) is 0 Å². The first-order chi connectivity index (χ1) is 7.66. The van der Waals surface area contributed by atoms with Gasteiger partial charge in [0.1, 0.15) is 20.4 Å². The lowest BCUT2D eigenvalue weighted by Crippen LogP contribution is -2.07. The number of alkyl halides is 2. The predicted octanol–water partition coefficient (Wildman–Crippen LogP) is 2.46. The lowest BCUT2D eigenvalue weighted by molar-refractivity contribution is -0.386. The van der Waals surface area contributed by atoms with E-state index in [1.54, 1.807) is 0 Å². The maximum atomic E-state index is 12.5. The molecule has 0 aliphatic carbocycles. The van der Waals surface area contributed by atoms with Crippen molar-refractivity contribution in [3.05, 3.63) is 25.6 Å². The summed E-state index contributed by atoms with van der Waals surface area (Å²) in [5, 5.41) is 10.5. The Balaban J connectivity index is 3.72. The first-order valence-electron chi connectivity index (χ1n) is 3.72. The van der Waals surface area contributed by atoms with Gasteiger partial charge in [0, 0.05) is 10.7 Å². The first-order valence-corrected chi connectivity index (χ1v) is 7.10. The zero-order valence-corrected chi connectivity index (χ0v) is 11.3. The van der Waals surface area contributed by atoms with Crippen LogP contribution in [0.4, 0.5) is 14.5 Å². The van der Waals surface area contributed by atoms with E-state index in [9.17, 15) is 27.3 Å². The van der Waals surface area contributed by atoms with Gasteiger partial charge in [-0.3, -0.25) is 10.1 Å². The fourth-order valence-corrected chi connectivity index (χ4v) is 4.04. The molecule has 1 aromatic rings. The van der Waals surface area contributed by atoms with E-state index in [4.69, 9.17) is 10.7 Å². The van der Waals surface area contributed by atoms with E-state index in [1.807, 2.05) is 0 Å². The Morgan fingerprint density at radius 2 is 2.06 bits per heavy atom. The van der Waals surface area contributed by atoms with Gasteiger partial charge in [-0.2, -0.15) is 0 Å². The number of hydrogen-bond donors (Lipinski definition) is 0. The summed E-state index contributed by atoms with van der Waals surface area (Å²) in [4.78, 5) is 11.6. The molecule has 94 valence electrons. The van der Waals surface area contributed by atoms with Gasteiger partial charge >= 0.3 is 5.69 Å². The Bertz CT molecular complexity index is 580. The summed E-state index contributed by atoms with van der Waals surface area (Å²) >= 11 is 1.26. The molecule has 0 aliphatic heterocycles. The normalized spacial score (nSPS) is 11.8. The minimum absolute atomic E-state index is 0.493. The van der Waals surface area contributed by atoms with Crippen LogP contribution in [0.2, 0.25) is 0 Å². The van der Waals surface area contributed by atoms with Gasteiger partial charge in [0.05, 0.1) is 4.92 Å². The number of aromatic nitrogens is 1. The van der Waals surface area contributed by atoms with Crippen molar-refractivity contribution < 1.29 is 22.1 Å². The smallest absolute Gasteiger partial charge is 0.258 e. The van der Waals surface area contributed by atoms with Crippen molar-refractivity contribution in [1.82, 2.24) is 4.98 Å². The standard InChI is InChI=1S/C6H2ClF2IN2O4S/c7-17(15,16)5-3(10)2(12(13)14)1-11-4(5)6(8)9/h1,6H. The van der Waals surface area contributed by atoms with Crippen LogP contribution in [0.15, 0.2) is 11.1 Å². The number of nitro groups is 1. The summed E-state index contributed by atoms with van der Waals surface area (Å²) in [5.74, 6) is 0. The molecule has 6 nitrogen and oxygen atoms in total. The Morgan fingerprint density at radius 1 is 1.53 bits per heavy atom. The molecular weight excluding hydrogens is 396 g/mol. The molecule has 0 bridgehead atoms. The fraction of sp³-hybridized carbons (Fsp3) is 0.167. The number of hydrogen-bond acceptors (Lipinski definition) is 5. The number of rotatable bonds is 3. The predicted molar refractivity (Wildman–Crippen MR) is 61.6 cm³/mol. The molecule has 0 amide bonds. The Morgan fingerprint density at radius 3 is 2.41 bits per heavy atom. The van der Waals surface area contributed by atoms with Crippen molar-refractivity contribution in [3.8, 4) is 0 Å². The van der Waals surface area contributed by atoms with Crippen LogP contribution in [-0.2, 0) is 9.05 Å². The third kappa shape index (κ3) is 2.98. The highest BCUT2D eigenvalue weighted by Crippen LogP contribution is 2.35. The largest absolute Gasteiger partial charge is 0.302 e. The van der Waals surface area contributed by atoms with Crippen LogP contribution < -0.4 is 0 Å². The molecule has 0 radical (unpaired) electrons. The highest BCUT2D eigenvalue weighted by atomic mass is 127. The molecule has 1 heterocycles. The molecule has 0 fully saturated rings. The van der Waals surface area contributed by atoms with E-state index in [0.29, 0.717) is 6.20 Å². The molecule has 0 saturated heterocycles. The molecule has 0 atom stereocenters. The maximum absolute atomic E-state index is 12.5. The molecule has 0 aromatic carbocycles. The van der Waals surface area contributed by atoms with E-state index in [2.05, 4.69) is 4.98 Å². The van der Waals surface area contributed by atoms with Crippen molar-refractivity contribution in [2.75, 3.05) is 0 Å². The average Bonchev–Trinajstić information content (AvgIpc) is 2.14. The number of nitrogens with zero attached hydrogens (tertiary/aromatic N) is 2. The van der Waals surface area contributed by atoms with Gasteiger partial charge in [0.2, 0.25) is 0 Å². The maximum Gasteiger partial charge on any atom is 0.302 e. The topological polar surface area (TPSA) is 90.2 Å². The third-order valence-corrected chi connectivity index (χ3v) is 4.45. The zero-order chi connectivity index (χ0) is 13.4. The molecule has 17 heavy (non-hydrogen) atoms. The van der Waals surface area contributed by atoms with E-state index in [-0.39, 0.29) is 0 Å². The van der Waals surface area contributed by atoms with Crippen LogP contribution in [0.25, 0.3) is 0 Å². The lowest BCUT2D eigenvalue weighted by Gasteiger charge is -2.07. The molecule has 0 spiro atoms. The van der Waals surface area contributed by atoms with Crippen molar-refractivity contribution in [2.45, 2.75) is 11.3 Å². The molecule has 1 aromatic heterocycles. The Labute approximate surface area is 112 Å². The van der Waals surface area contributed by atoms with Crippen LogP contribution >= 0.6 is 33.3 Å². The van der Waals surface area contributed by atoms with Gasteiger partial charge in [-0.05, 0) is 22.6 Å². The van der Waals surface area contributed by atoms with E-state index in [0.717, 1.165) is 0 Å². The first kappa shape index (κ1) is 14.4. The molecule has 0 aliphatic rings. The second-order valence-corrected chi connectivity index (χ2v) is 6.25. The van der Waals surface area contributed by atoms with Crippen molar-refractivity contribution in [1.29, 1.82) is 0 Å². The van der Waals surface area contributed by atoms with Gasteiger partial charge in [-0.15, -0.1) is 0 Å². The summed E-state index contributed by atoms with van der Waals surface area (Å²) in [6.07, 6.45) is -2.64. The van der Waals surface area contributed by atoms with Gasteiger partial charge in [-0.25, -0.2) is 22.2 Å². The van der Waals surface area contributed by atoms with Crippen molar-refractivity contribution in [2.24, 2.45) is 0 Å². The average molecular weight is 399 g/mol. The summed E-state index contributed by atoms with van der Waals surface area (Å²) < 4.78 is 46.8. The zero-order valence-electron chi connectivity index (χ0n) is 7.60. The van der Waals surface area contributed by atoms with Crippen LogP contribution in [0, 0.1) is 13.7 Å². The molecule has 11 heteroatoms. The fourth-order valence-electron chi connectivity index (χ4n) is 0.989. The third-order valence-electron chi connectivity index (χ3n) is 1.63. The summed E-state index contributed by atoms with van der Waals surface area (Å²) in [5.41, 5.74) is -1.80. The van der Waals surface area contributed by atoms with Crippen LogP contribution in [-0.4, -0.2) is 18.3 Å². The second-order valence-electron chi connectivity index (χ2n) is 2.67. The summed E-state index contributed by atoms with van der Waals surface area (Å²) in [6.45, 7) is 0. The van der Waals surface area contributed by atoms with Gasteiger partial charge in [0.25, 0.3) is 15.5 Å². The van der Waals surface area contributed by atoms with Crippen LogP contribution in [0.1, 0.15) is 12.1 Å². The minimum Gasteiger partial charge on any atom is -0.258 e.